The van der Waals surface area contributed by atoms with E-state index in [2.05, 4.69) is 31.5 Å². The third-order valence-corrected chi connectivity index (χ3v) is 10.1. The van der Waals surface area contributed by atoms with Crippen LogP contribution in [0.5, 0.6) is 5.75 Å². The summed E-state index contributed by atoms with van der Waals surface area (Å²) in [5.41, 5.74) is -0.432. The zero-order chi connectivity index (χ0) is 26.2. The van der Waals surface area contributed by atoms with Crippen LogP contribution in [-0.4, -0.2) is 33.9 Å². The fourth-order valence-corrected chi connectivity index (χ4v) is 7.97. The summed E-state index contributed by atoms with van der Waals surface area (Å²) in [5, 5.41) is 12.1. The van der Waals surface area contributed by atoms with Crippen LogP contribution in [0.25, 0.3) is 11.3 Å². The van der Waals surface area contributed by atoms with E-state index in [-0.39, 0.29) is 24.9 Å². The molecular weight excluding hydrogens is 470 g/mol. The van der Waals surface area contributed by atoms with Gasteiger partial charge in [-0.25, -0.2) is 4.79 Å². The molecule has 1 saturated carbocycles. The number of carbonyl (C=O) groups is 1. The Hall–Kier alpha value is -3.19. The van der Waals surface area contributed by atoms with Crippen LogP contribution >= 0.6 is 0 Å². The van der Waals surface area contributed by atoms with Crippen molar-refractivity contribution in [2.45, 2.75) is 70.5 Å². The molecule has 7 nitrogen and oxygen atoms in total. The van der Waals surface area contributed by atoms with Crippen LogP contribution < -0.4 is 10.4 Å². The van der Waals surface area contributed by atoms with Gasteiger partial charge >= 0.3 is 11.6 Å². The number of rotatable bonds is 2. The third-order valence-electron chi connectivity index (χ3n) is 10.1. The van der Waals surface area contributed by atoms with Crippen molar-refractivity contribution >= 4 is 5.97 Å². The summed E-state index contributed by atoms with van der Waals surface area (Å²) < 4.78 is 18.3. The van der Waals surface area contributed by atoms with E-state index in [1.165, 1.54) is 0 Å². The first-order valence-corrected chi connectivity index (χ1v) is 13.0. The van der Waals surface area contributed by atoms with Gasteiger partial charge in [0.15, 0.2) is 0 Å². The number of pyridine rings is 1. The standard InChI is InChI=1S/C30H33NO6/c1-18(2)29(34)12-11-27(4)24(28(29)10-9-25(32)35-17-28)8-7-19(3)30(27)15-21-23(37-30)14-22(36-26(21)33)20-6-5-13-31-16-20/h5-7,13-14,16,24,34H,1,8-12,15,17H2,2-4H3/t24-,27+,28-,29+,30-/m0/s1. The lowest BCUT2D eigenvalue weighted by molar-refractivity contribution is -0.237. The van der Waals surface area contributed by atoms with E-state index in [9.17, 15) is 14.7 Å². The van der Waals surface area contributed by atoms with Crippen LogP contribution in [0.15, 0.2) is 63.6 Å². The normalized spacial score (nSPS) is 36.4. The molecule has 0 bridgehead atoms. The third kappa shape index (κ3) is 3.06. The fraction of sp³-hybridized carbons (Fsp3) is 0.500. The molecule has 7 heteroatoms. The minimum absolute atomic E-state index is 0.0496. The lowest BCUT2D eigenvalue weighted by atomic mass is 9.40. The Bertz CT molecular complexity index is 1380. The van der Waals surface area contributed by atoms with E-state index < -0.39 is 27.7 Å². The van der Waals surface area contributed by atoms with E-state index in [0.29, 0.717) is 53.9 Å². The van der Waals surface area contributed by atoms with Crippen LogP contribution in [0, 0.1) is 16.7 Å². The fourth-order valence-electron chi connectivity index (χ4n) is 7.97. The summed E-state index contributed by atoms with van der Waals surface area (Å²) in [6.45, 7) is 10.5. The van der Waals surface area contributed by atoms with Crippen LogP contribution in [-0.2, 0) is 16.0 Å². The summed E-state index contributed by atoms with van der Waals surface area (Å²) >= 11 is 0. The Balaban J connectivity index is 1.47. The van der Waals surface area contributed by atoms with Gasteiger partial charge in [0.25, 0.3) is 0 Å². The Morgan fingerprint density at radius 1 is 1.24 bits per heavy atom. The van der Waals surface area contributed by atoms with Gasteiger partial charge in [-0.3, -0.25) is 9.78 Å². The quantitative estimate of drug-likeness (QED) is 0.465. The highest BCUT2D eigenvalue weighted by Gasteiger charge is 2.71. The summed E-state index contributed by atoms with van der Waals surface area (Å²) in [4.78, 5) is 29.5. The van der Waals surface area contributed by atoms with Crippen molar-refractivity contribution in [3.05, 3.63) is 70.4 Å². The first-order valence-electron chi connectivity index (χ1n) is 13.0. The number of allylic oxidation sites excluding steroid dienone is 1. The van der Waals surface area contributed by atoms with Crippen molar-refractivity contribution in [1.29, 1.82) is 0 Å². The second-order valence-corrected chi connectivity index (χ2v) is 11.6. The van der Waals surface area contributed by atoms with Gasteiger partial charge in [0.1, 0.15) is 23.7 Å². The number of fused-ring (bicyclic) bond motifs is 4. The highest BCUT2D eigenvalue weighted by molar-refractivity contribution is 5.70. The molecule has 1 saturated heterocycles. The molecule has 2 fully saturated rings. The zero-order valence-electron chi connectivity index (χ0n) is 21.6. The largest absolute Gasteiger partial charge is 0.481 e. The van der Waals surface area contributed by atoms with Gasteiger partial charge in [-0.15, -0.1) is 0 Å². The number of hydrogen-bond acceptors (Lipinski definition) is 7. The predicted molar refractivity (Wildman–Crippen MR) is 137 cm³/mol. The van der Waals surface area contributed by atoms with Crippen molar-refractivity contribution in [3.63, 3.8) is 0 Å². The number of carbonyl (C=O) groups excluding carboxylic acids is 1. The van der Waals surface area contributed by atoms with Crippen molar-refractivity contribution < 1.29 is 23.8 Å². The van der Waals surface area contributed by atoms with Gasteiger partial charge in [0.05, 0.1) is 11.2 Å². The van der Waals surface area contributed by atoms with Crippen molar-refractivity contribution in [3.8, 4) is 17.1 Å². The van der Waals surface area contributed by atoms with Gasteiger partial charge in [0.2, 0.25) is 0 Å². The number of hydrogen-bond donors (Lipinski definition) is 1. The smallest absolute Gasteiger partial charge is 0.343 e. The number of aliphatic hydroxyl groups is 1. The highest BCUT2D eigenvalue weighted by Crippen LogP contribution is 2.69. The molecule has 2 aliphatic carbocycles. The van der Waals surface area contributed by atoms with E-state index >= 15 is 0 Å². The molecule has 2 aromatic heterocycles. The Labute approximate surface area is 216 Å². The number of nitrogens with zero attached hydrogens (tertiary/aromatic N) is 1. The van der Waals surface area contributed by atoms with Crippen molar-refractivity contribution in [1.82, 2.24) is 4.98 Å². The van der Waals surface area contributed by atoms with E-state index in [0.717, 1.165) is 12.0 Å². The van der Waals surface area contributed by atoms with E-state index in [1.54, 1.807) is 24.5 Å². The highest BCUT2D eigenvalue weighted by atomic mass is 16.5. The number of ether oxygens (including phenoxy) is 2. The first-order chi connectivity index (χ1) is 17.6. The molecule has 2 aliphatic heterocycles. The van der Waals surface area contributed by atoms with Crippen LogP contribution in [0.2, 0.25) is 0 Å². The van der Waals surface area contributed by atoms with Crippen LogP contribution in [0.3, 0.4) is 0 Å². The summed E-state index contributed by atoms with van der Waals surface area (Å²) in [5.74, 6) is 0.675. The van der Waals surface area contributed by atoms with Crippen molar-refractivity contribution in [2.24, 2.45) is 16.7 Å². The first kappa shape index (κ1) is 24.2. The number of cyclic esters (lactones) is 1. The van der Waals surface area contributed by atoms with Gasteiger partial charge in [-0.2, -0.15) is 0 Å². The van der Waals surface area contributed by atoms with E-state index in [1.807, 2.05) is 13.0 Å². The topological polar surface area (TPSA) is 98.9 Å². The molecule has 0 unspecified atom stereocenters. The summed E-state index contributed by atoms with van der Waals surface area (Å²) in [6.07, 6.45) is 8.59. The SMILES string of the molecule is C=C(C)[C@]1(O)CC[C@]2(C)[C@H](CC=C(C)[C@@]23Cc2c(cc(-c4cccnc4)oc2=O)O3)[C@@]12CCC(=O)OC2. The van der Waals surface area contributed by atoms with Gasteiger partial charge < -0.3 is 19.0 Å². The second kappa shape index (κ2) is 7.90. The maximum atomic E-state index is 13.2. The van der Waals surface area contributed by atoms with Gasteiger partial charge in [-0.1, -0.05) is 19.6 Å². The molecule has 2 aromatic rings. The second-order valence-electron chi connectivity index (χ2n) is 11.6. The molecule has 0 radical (unpaired) electrons. The molecular formula is C30H33NO6. The van der Waals surface area contributed by atoms with Crippen molar-refractivity contribution in [2.75, 3.05) is 6.61 Å². The lowest BCUT2D eigenvalue weighted by Crippen LogP contribution is -2.70. The monoisotopic (exact) mass is 503 g/mol. The predicted octanol–water partition coefficient (Wildman–Crippen LogP) is 4.77. The molecule has 4 heterocycles. The zero-order valence-corrected chi connectivity index (χ0v) is 21.6. The average molecular weight is 504 g/mol. The molecule has 5 atom stereocenters. The lowest BCUT2D eigenvalue weighted by Gasteiger charge is -2.66. The average Bonchev–Trinajstić information content (AvgIpc) is 3.29. The molecule has 2 spiro atoms. The van der Waals surface area contributed by atoms with Gasteiger partial charge in [-0.05, 0) is 68.7 Å². The van der Waals surface area contributed by atoms with E-state index in [4.69, 9.17) is 13.9 Å². The maximum Gasteiger partial charge on any atom is 0.343 e. The van der Waals surface area contributed by atoms with Gasteiger partial charge in [0, 0.05) is 47.7 Å². The number of aromatic nitrogens is 1. The molecule has 37 heavy (non-hydrogen) atoms. The Morgan fingerprint density at radius 2 is 2.05 bits per heavy atom. The van der Waals surface area contributed by atoms with Crippen LogP contribution in [0.1, 0.15) is 58.4 Å². The minimum atomic E-state index is -1.16. The summed E-state index contributed by atoms with van der Waals surface area (Å²) in [6, 6.07) is 5.44. The number of esters is 1. The Morgan fingerprint density at radius 3 is 2.73 bits per heavy atom. The van der Waals surface area contributed by atoms with Crippen LogP contribution in [0.4, 0.5) is 0 Å². The molecule has 194 valence electrons. The molecule has 4 aliphatic rings. The molecule has 0 amide bonds. The molecule has 6 rings (SSSR count). The summed E-state index contributed by atoms with van der Waals surface area (Å²) in [7, 11) is 0. The maximum absolute atomic E-state index is 13.2. The molecule has 1 N–H and O–H groups in total. The minimum Gasteiger partial charge on any atom is -0.481 e. The molecule has 0 aromatic carbocycles. The Kier molecular flexibility index (Phi) is 5.16.